The lowest BCUT2D eigenvalue weighted by Crippen LogP contribution is -2.20. The quantitative estimate of drug-likeness (QED) is 0.700. The molecule has 0 fully saturated rings. The molecule has 0 spiro atoms. The average molecular weight is 211 g/mol. The fourth-order valence-corrected chi connectivity index (χ4v) is 1.59. The molecule has 72 valence electrons. The molecule has 0 aliphatic carbocycles. The first-order chi connectivity index (χ1) is 6.72. The van der Waals surface area contributed by atoms with Crippen LogP contribution in [0.4, 0.5) is 0 Å². The topological polar surface area (TPSA) is 43.4 Å². The van der Waals surface area contributed by atoms with Gasteiger partial charge in [-0.2, -0.15) is 0 Å². The molecule has 0 bridgehead atoms. The molecule has 0 aromatic heterocycles. The zero-order valence-corrected chi connectivity index (χ0v) is 7.95. The number of hydrogen-bond donors (Lipinski definition) is 0. The Bertz CT molecular complexity index is 400. The Labute approximate surface area is 85.6 Å². The second kappa shape index (κ2) is 3.42. The van der Waals surface area contributed by atoms with Gasteiger partial charge in [0.1, 0.15) is 12.0 Å². The van der Waals surface area contributed by atoms with Gasteiger partial charge in [-0.3, -0.25) is 4.79 Å². The van der Waals surface area contributed by atoms with Crippen LogP contribution in [0.3, 0.4) is 0 Å². The maximum absolute atomic E-state index is 11.6. The van der Waals surface area contributed by atoms with Crippen molar-refractivity contribution in [3.8, 4) is 5.75 Å². The number of Topliss-reactive ketones (excluding diaryl/α,β-unsaturated/α-hetero) is 1. The van der Waals surface area contributed by atoms with E-state index in [9.17, 15) is 9.59 Å². The van der Waals surface area contributed by atoms with Crippen molar-refractivity contribution in [2.24, 2.45) is 0 Å². The molecule has 1 aromatic carbocycles. The fraction of sp³-hybridized carbons (Fsp3) is 0.200. The highest BCUT2D eigenvalue weighted by molar-refractivity contribution is 6.31. The van der Waals surface area contributed by atoms with Gasteiger partial charge in [-0.05, 0) is 18.2 Å². The second-order valence-corrected chi connectivity index (χ2v) is 3.45. The normalized spacial score (nSPS) is 18.9. The van der Waals surface area contributed by atoms with E-state index >= 15 is 0 Å². The van der Waals surface area contributed by atoms with Gasteiger partial charge in [0.25, 0.3) is 0 Å². The summed E-state index contributed by atoms with van der Waals surface area (Å²) in [6.45, 7) is 0. The van der Waals surface area contributed by atoms with Crippen LogP contribution in [0.15, 0.2) is 18.2 Å². The van der Waals surface area contributed by atoms with Crippen LogP contribution in [-0.4, -0.2) is 18.2 Å². The Morgan fingerprint density at radius 3 is 3.00 bits per heavy atom. The lowest BCUT2D eigenvalue weighted by molar-refractivity contribution is -0.108. The maximum atomic E-state index is 11.6. The molecule has 0 radical (unpaired) electrons. The van der Waals surface area contributed by atoms with E-state index in [1.54, 1.807) is 18.2 Å². The SMILES string of the molecule is O=CCC1Oc2ccc(Cl)cc2C1=O. The molecular weight excluding hydrogens is 204 g/mol. The number of hydrogen-bond acceptors (Lipinski definition) is 3. The Morgan fingerprint density at radius 1 is 1.50 bits per heavy atom. The van der Waals surface area contributed by atoms with E-state index in [0.717, 1.165) is 0 Å². The average Bonchev–Trinajstić information content (AvgIpc) is 2.46. The van der Waals surface area contributed by atoms with Gasteiger partial charge in [0.2, 0.25) is 5.78 Å². The first-order valence-corrected chi connectivity index (χ1v) is 4.54. The van der Waals surface area contributed by atoms with Gasteiger partial charge in [0.15, 0.2) is 6.10 Å². The van der Waals surface area contributed by atoms with E-state index in [1.165, 1.54) is 0 Å². The molecule has 1 aliphatic rings. The van der Waals surface area contributed by atoms with Gasteiger partial charge < -0.3 is 9.53 Å². The number of rotatable bonds is 2. The molecule has 1 aromatic rings. The van der Waals surface area contributed by atoms with Crippen LogP contribution in [0, 0.1) is 0 Å². The van der Waals surface area contributed by atoms with Crippen molar-refractivity contribution in [3.05, 3.63) is 28.8 Å². The monoisotopic (exact) mass is 210 g/mol. The number of ketones is 1. The van der Waals surface area contributed by atoms with E-state index < -0.39 is 6.10 Å². The fourth-order valence-electron chi connectivity index (χ4n) is 1.42. The summed E-state index contributed by atoms with van der Waals surface area (Å²) in [5.74, 6) is 0.334. The van der Waals surface area contributed by atoms with E-state index in [0.29, 0.717) is 22.6 Å². The highest BCUT2D eigenvalue weighted by atomic mass is 35.5. The predicted molar refractivity (Wildman–Crippen MR) is 50.9 cm³/mol. The number of carbonyl (C=O) groups is 2. The van der Waals surface area contributed by atoms with Gasteiger partial charge in [0.05, 0.1) is 5.56 Å². The highest BCUT2D eigenvalue weighted by Crippen LogP contribution is 2.31. The van der Waals surface area contributed by atoms with Crippen molar-refractivity contribution in [2.45, 2.75) is 12.5 Å². The number of halogens is 1. The molecule has 0 saturated carbocycles. The van der Waals surface area contributed by atoms with Crippen molar-refractivity contribution < 1.29 is 14.3 Å². The summed E-state index contributed by atoms with van der Waals surface area (Å²) < 4.78 is 5.28. The number of benzene rings is 1. The third kappa shape index (κ3) is 1.40. The van der Waals surface area contributed by atoms with E-state index in [4.69, 9.17) is 16.3 Å². The van der Waals surface area contributed by atoms with Gasteiger partial charge >= 0.3 is 0 Å². The number of carbonyl (C=O) groups excluding carboxylic acids is 2. The minimum absolute atomic E-state index is 0.0884. The lowest BCUT2D eigenvalue weighted by Gasteiger charge is -2.03. The molecule has 1 unspecified atom stereocenters. The molecule has 0 saturated heterocycles. The number of fused-ring (bicyclic) bond motifs is 1. The summed E-state index contributed by atoms with van der Waals surface area (Å²) in [5.41, 5.74) is 0.462. The van der Waals surface area contributed by atoms with Crippen LogP contribution >= 0.6 is 11.6 Å². The van der Waals surface area contributed by atoms with E-state index in [2.05, 4.69) is 0 Å². The first-order valence-electron chi connectivity index (χ1n) is 4.16. The van der Waals surface area contributed by atoms with Crippen LogP contribution in [-0.2, 0) is 4.79 Å². The molecular formula is C10H7ClO3. The van der Waals surface area contributed by atoms with Crippen LogP contribution in [0.25, 0.3) is 0 Å². The molecule has 2 rings (SSSR count). The Morgan fingerprint density at radius 2 is 2.29 bits per heavy atom. The molecule has 1 heterocycles. The van der Waals surface area contributed by atoms with Crippen LogP contribution in [0.1, 0.15) is 16.8 Å². The van der Waals surface area contributed by atoms with Crippen molar-refractivity contribution in [1.29, 1.82) is 0 Å². The van der Waals surface area contributed by atoms with Crippen molar-refractivity contribution in [3.63, 3.8) is 0 Å². The number of aldehydes is 1. The zero-order valence-electron chi connectivity index (χ0n) is 7.20. The molecule has 0 amide bonds. The van der Waals surface area contributed by atoms with Gasteiger partial charge in [-0.1, -0.05) is 11.6 Å². The van der Waals surface area contributed by atoms with Crippen LogP contribution in [0.5, 0.6) is 5.75 Å². The second-order valence-electron chi connectivity index (χ2n) is 3.01. The summed E-state index contributed by atoms with van der Waals surface area (Å²) in [7, 11) is 0. The summed E-state index contributed by atoms with van der Waals surface area (Å²) >= 11 is 5.74. The minimum atomic E-state index is -0.666. The zero-order chi connectivity index (χ0) is 10.1. The Hall–Kier alpha value is -1.35. The largest absolute Gasteiger partial charge is 0.481 e. The molecule has 1 aliphatic heterocycles. The van der Waals surface area contributed by atoms with Crippen molar-refractivity contribution in [1.82, 2.24) is 0 Å². The van der Waals surface area contributed by atoms with Gasteiger partial charge in [-0.25, -0.2) is 0 Å². The Balaban J connectivity index is 2.36. The standard InChI is InChI=1S/C10H7ClO3/c11-6-1-2-8-7(5-6)10(13)9(14-8)3-4-12/h1-2,4-5,9H,3H2. The summed E-state index contributed by atoms with van der Waals surface area (Å²) in [5, 5.41) is 0.493. The minimum Gasteiger partial charge on any atom is -0.481 e. The summed E-state index contributed by atoms with van der Waals surface area (Å²) in [6, 6.07) is 4.85. The van der Waals surface area contributed by atoms with Crippen LogP contribution < -0.4 is 4.74 Å². The highest BCUT2D eigenvalue weighted by Gasteiger charge is 2.31. The molecule has 4 heteroatoms. The first kappa shape index (κ1) is 9.21. The van der Waals surface area contributed by atoms with Crippen LogP contribution in [0.2, 0.25) is 5.02 Å². The summed E-state index contributed by atoms with van der Waals surface area (Å²) in [6.07, 6.45) is 0.0993. The third-order valence-corrected chi connectivity index (χ3v) is 2.31. The van der Waals surface area contributed by atoms with Crippen molar-refractivity contribution >= 4 is 23.7 Å². The molecule has 3 nitrogen and oxygen atoms in total. The molecule has 14 heavy (non-hydrogen) atoms. The third-order valence-electron chi connectivity index (χ3n) is 2.08. The van der Waals surface area contributed by atoms with E-state index in [1.807, 2.05) is 0 Å². The number of ether oxygens (including phenoxy) is 1. The lowest BCUT2D eigenvalue weighted by atomic mass is 10.1. The Kier molecular flexibility index (Phi) is 2.25. The molecule has 1 atom stereocenters. The maximum Gasteiger partial charge on any atom is 0.207 e. The van der Waals surface area contributed by atoms with Gasteiger partial charge in [-0.15, -0.1) is 0 Å². The van der Waals surface area contributed by atoms with E-state index in [-0.39, 0.29) is 12.2 Å². The predicted octanol–water partition coefficient (Wildman–Crippen LogP) is 1.87. The van der Waals surface area contributed by atoms with Crippen molar-refractivity contribution in [2.75, 3.05) is 0 Å². The molecule has 0 N–H and O–H groups in total. The summed E-state index contributed by atoms with van der Waals surface area (Å²) in [4.78, 5) is 21.9. The van der Waals surface area contributed by atoms with Gasteiger partial charge in [0, 0.05) is 11.4 Å². The smallest absolute Gasteiger partial charge is 0.207 e.